The standard InChI is InChI=1S/C22H24N4O2.ClH/c1-14-10-15(2)12-17(11-14)25-20-18-5-4-16(3)24-21(18)23-13-19(20)22(27)26-6-8-28-9-7-26;/h4-5,10-13H,6-9H2,1-3H3,(H,23,24,25);1H. The van der Waals surface area contributed by atoms with Crippen LogP contribution < -0.4 is 5.32 Å². The number of pyridine rings is 2. The number of amides is 1. The number of carbonyl (C=O) groups excluding carboxylic acids is 1. The van der Waals surface area contributed by atoms with Crippen molar-refractivity contribution < 1.29 is 9.53 Å². The van der Waals surface area contributed by atoms with Crippen LogP contribution in [-0.4, -0.2) is 47.1 Å². The van der Waals surface area contributed by atoms with E-state index in [1.54, 1.807) is 6.20 Å². The van der Waals surface area contributed by atoms with Crippen LogP contribution >= 0.6 is 12.4 Å². The zero-order valence-corrected chi connectivity index (χ0v) is 17.7. The average molecular weight is 413 g/mol. The quantitative estimate of drug-likeness (QED) is 0.698. The highest BCUT2D eigenvalue weighted by atomic mass is 35.5. The van der Waals surface area contributed by atoms with Gasteiger partial charge in [0.25, 0.3) is 5.91 Å². The van der Waals surface area contributed by atoms with Gasteiger partial charge in [0.2, 0.25) is 0 Å². The van der Waals surface area contributed by atoms with Gasteiger partial charge in [0.05, 0.1) is 24.5 Å². The Kier molecular flexibility index (Phi) is 6.35. The molecule has 152 valence electrons. The van der Waals surface area contributed by atoms with Crippen molar-refractivity contribution in [1.82, 2.24) is 14.9 Å². The van der Waals surface area contributed by atoms with Crippen LogP contribution in [0.25, 0.3) is 11.0 Å². The molecular formula is C22H25ClN4O2. The van der Waals surface area contributed by atoms with Gasteiger partial charge >= 0.3 is 0 Å². The Morgan fingerprint density at radius 3 is 2.45 bits per heavy atom. The minimum absolute atomic E-state index is 0. The number of fused-ring (bicyclic) bond motifs is 1. The van der Waals surface area contributed by atoms with Gasteiger partial charge in [-0.3, -0.25) is 4.79 Å². The number of morpholine rings is 1. The molecule has 3 aromatic rings. The molecule has 3 heterocycles. The van der Waals surface area contributed by atoms with Crippen LogP contribution in [0.2, 0.25) is 0 Å². The van der Waals surface area contributed by atoms with Crippen LogP contribution in [0.5, 0.6) is 0 Å². The van der Waals surface area contributed by atoms with Gasteiger partial charge in [-0.05, 0) is 56.2 Å². The third-order valence-corrected chi connectivity index (χ3v) is 4.89. The lowest BCUT2D eigenvalue weighted by Gasteiger charge is -2.28. The molecule has 1 amide bonds. The number of hydrogen-bond donors (Lipinski definition) is 1. The molecule has 29 heavy (non-hydrogen) atoms. The maximum Gasteiger partial charge on any atom is 0.257 e. The number of aryl methyl sites for hydroxylation is 3. The topological polar surface area (TPSA) is 67.4 Å². The number of benzene rings is 1. The zero-order valence-electron chi connectivity index (χ0n) is 16.9. The van der Waals surface area contributed by atoms with Gasteiger partial charge in [0.1, 0.15) is 0 Å². The van der Waals surface area contributed by atoms with E-state index < -0.39 is 0 Å². The largest absolute Gasteiger partial charge is 0.378 e. The Labute approximate surface area is 176 Å². The number of nitrogens with zero attached hydrogens (tertiary/aromatic N) is 3. The molecule has 1 N–H and O–H groups in total. The van der Waals surface area contributed by atoms with Gasteiger partial charge < -0.3 is 15.0 Å². The highest BCUT2D eigenvalue weighted by Gasteiger charge is 2.23. The lowest BCUT2D eigenvalue weighted by atomic mass is 10.1. The van der Waals surface area contributed by atoms with Crippen molar-refractivity contribution in [3.63, 3.8) is 0 Å². The minimum Gasteiger partial charge on any atom is -0.378 e. The molecule has 7 heteroatoms. The first-order chi connectivity index (χ1) is 13.5. The van der Waals surface area contributed by atoms with E-state index in [0.717, 1.165) is 33.6 Å². The van der Waals surface area contributed by atoms with Crippen molar-refractivity contribution >= 4 is 40.7 Å². The molecular weight excluding hydrogens is 388 g/mol. The van der Waals surface area contributed by atoms with E-state index in [1.807, 2.05) is 24.0 Å². The minimum atomic E-state index is -0.0369. The van der Waals surface area contributed by atoms with Crippen LogP contribution in [-0.2, 0) is 4.74 Å². The SMILES string of the molecule is Cc1cc(C)cc(Nc2c(C(=O)N3CCOCC3)cnc3nc(C)ccc23)c1.Cl. The Hall–Kier alpha value is -2.70. The summed E-state index contributed by atoms with van der Waals surface area (Å²) in [5, 5.41) is 4.31. The summed E-state index contributed by atoms with van der Waals surface area (Å²) in [4.78, 5) is 24.0. The van der Waals surface area contributed by atoms with Crippen LogP contribution in [0.4, 0.5) is 11.4 Å². The molecule has 2 aromatic heterocycles. The fraction of sp³-hybridized carbons (Fsp3) is 0.318. The Bertz CT molecular complexity index is 1030. The third kappa shape index (κ3) is 4.49. The van der Waals surface area contributed by atoms with Crippen LogP contribution in [0.3, 0.4) is 0 Å². The van der Waals surface area contributed by atoms with Gasteiger partial charge in [0, 0.05) is 36.1 Å². The fourth-order valence-corrected chi connectivity index (χ4v) is 3.60. The smallest absolute Gasteiger partial charge is 0.257 e. The van der Waals surface area contributed by atoms with Crippen molar-refractivity contribution in [1.29, 1.82) is 0 Å². The van der Waals surface area contributed by atoms with Crippen molar-refractivity contribution in [2.75, 3.05) is 31.6 Å². The predicted octanol–water partition coefficient (Wildman–Crippen LogP) is 4.19. The molecule has 1 aromatic carbocycles. The van der Waals surface area contributed by atoms with Crippen LogP contribution in [0.1, 0.15) is 27.2 Å². The zero-order chi connectivity index (χ0) is 19.7. The molecule has 1 saturated heterocycles. The van der Waals surface area contributed by atoms with Crippen LogP contribution in [0, 0.1) is 20.8 Å². The van der Waals surface area contributed by atoms with Crippen molar-refractivity contribution in [3.8, 4) is 0 Å². The second kappa shape index (κ2) is 8.76. The number of rotatable bonds is 3. The van der Waals surface area contributed by atoms with E-state index in [2.05, 4.69) is 47.3 Å². The molecule has 0 atom stereocenters. The molecule has 1 fully saturated rings. The number of carbonyl (C=O) groups is 1. The fourth-order valence-electron chi connectivity index (χ4n) is 3.60. The Morgan fingerprint density at radius 1 is 1.07 bits per heavy atom. The van der Waals surface area contributed by atoms with Gasteiger partial charge in [-0.2, -0.15) is 0 Å². The van der Waals surface area contributed by atoms with Crippen molar-refractivity contribution in [2.24, 2.45) is 0 Å². The molecule has 4 rings (SSSR count). The lowest BCUT2D eigenvalue weighted by Crippen LogP contribution is -2.41. The van der Waals surface area contributed by atoms with E-state index in [9.17, 15) is 4.79 Å². The summed E-state index contributed by atoms with van der Waals surface area (Å²) in [6, 6.07) is 10.2. The van der Waals surface area contributed by atoms with Gasteiger partial charge in [0.15, 0.2) is 5.65 Å². The molecule has 6 nitrogen and oxygen atoms in total. The average Bonchev–Trinajstić information content (AvgIpc) is 2.67. The monoisotopic (exact) mass is 412 g/mol. The normalized spacial score (nSPS) is 13.8. The van der Waals surface area contributed by atoms with E-state index in [0.29, 0.717) is 37.5 Å². The molecule has 0 saturated carbocycles. The summed E-state index contributed by atoms with van der Waals surface area (Å²) >= 11 is 0. The van der Waals surface area contributed by atoms with Crippen molar-refractivity contribution in [3.05, 3.63) is 58.9 Å². The van der Waals surface area contributed by atoms with E-state index in [1.165, 1.54) is 0 Å². The first-order valence-corrected chi connectivity index (χ1v) is 9.50. The lowest BCUT2D eigenvalue weighted by molar-refractivity contribution is 0.0303. The van der Waals surface area contributed by atoms with E-state index in [-0.39, 0.29) is 18.3 Å². The number of halogens is 1. The third-order valence-electron chi connectivity index (χ3n) is 4.89. The summed E-state index contributed by atoms with van der Waals surface area (Å²) in [6.45, 7) is 8.37. The Balaban J connectivity index is 0.00000240. The van der Waals surface area contributed by atoms with Gasteiger partial charge in [-0.15, -0.1) is 12.4 Å². The molecule has 0 spiro atoms. The maximum absolute atomic E-state index is 13.2. The first kappa shape index (κ1) is 21.0. The van der Waals surface area contributed by atoms with E-state index in [4.69, 9.17) is 4.74 Å². The van der Waals surface area contributed by atoms with Crippen LogP contribution in [0.15, 0.2) is 36.5 Å². The number of ether oxygens (including phenoxy) is 1. The van der Waals surface area contributed by atoms with E-state index >= 15 is 0 Å². The number of aromatic nitrogens is 2. The molecule has 1 aliphatic heterocycles. The Morgan fingerprint density at radius 2 is 1.76 bits per heavy atom. The number of anilines is 2. The highest BCUT2D eigenvalue weighted by Crippen LogP contribution is 2.30. The van der Waals surface area contributed by atoms with Gasteiger partial charge in [-0.1, -0.05) is 6.07 Å². The molecule has 1 aliphatic rings. The second-order valence-electron chi connectivity index (χ2n) is 7.28. The number of hydrogen-bond acceptors (Lipinski definition) is 5. The van der Waals surface area contributed by atoms with Gasteiger partial charge in [-0.25, -0.2) is 9.97 Å². The molecule has 0 radical (unpaired) electrons. The maximum atomic E-state index is 13.2. The summed E-state index contributed by atoms with van der Waals surface area (Å²) in [5.74, 6) is -0.0369. The second-order valence-corrected chi connectivity index (χ2v) is 7.28. The molecule has 0 unspecified atom stereocenters. The summed E-state index contributed by atoms with van der Waals surface area (Å²) in [7, 11) is 0. The summed E-state index contributed by atoms with van der Waals surface area (Å²) in [5.41, 5.74) is 6.10. The first-order valence-electron chi connectivity index (χ1n) is 9.50. The highest BCUT2D eigenvalue weighted by molar-refractivity contribution is 6.07. The summed E-state index contributed by atoms with van der Waals surface area (Å²) < 4.78 is 5.39. The molecule has 0 aliphatic carbocycles. The predicted molar refractivity (Wildman–Crippen MR) is 117 cm³/mol. The van der Waals surface area contributed by atoms with Crippen molar-refractivity contribution in [2.45, 2.75) is 20.8 Å². The summed E-state index contributed by atoms with van der Waals surface area (Å²) in [6.07, 6.45) is 1.64. The molecule has 0 bridgehead atoms. The number of nitrogens with one attached hydrogen (secondary N) is 1.